The molecule has 1 N–H and O–H groups in total. The van der Waals surface area contributed by atoms with E-state index in [0.717, 1.165) is 38.0 Å². The summed E-state index contributed by atoms with van der Waals surface area (Å²) in [5.41, 5.74) is 2.43. The first-order valence-corrected chi connectivity index (χ1v) is 7.34. The lowest BCUT2D eigenvalue weighted by Gasteiger charge is -2.29. The maximum absolute atomic E-state index is 12.1. The van der Waals surface area contributed by atoms with Crippen molar-refractivity contribution < 1.29 is 4.79 Å². The Kier molecular flexibility index (Phi) is 4.97. The van der Waals surface area contributed by atoms with Gasteiger partial charge in [0.1, 0.15) is 0 Å². The Morgan fingerprint density at radius 3 is 2.89 bits per heavy atom. The number of hydrogen-bond donors (Lipinski definition) is 1. The standard InChI is InChI=1S/C16H24N2O/c1-3-17-13(2)7-6-12-18-15-9-5-4-8-14(15)10-11-16(18)19/h4-5,8-9,13,17H,3,6-7,10-12H2,1-2H3. The molecule has 3 nitrogen and oxygen atoms in total. The van der Waals surface area contributed by atoms with E-state index in [-0.39, 0.29) is 5.91 Å². The van der Waals surface area contributed by atoms with Gasteiger partial charge in [0.05, 0.1) is 0 Å². The SMILES string of the molecule is CCNC(C)CCCN1C(=O)CCc2ccccc21. The molecule has 0 saturated heterocycles. The molecule has 1 aliphatic heterocycles. The highest BCUT2D eigenvalue weighted by molar-refractivity contribution is 5.96. The lowest BCUT2D eigenvalue weighted by molar-refractivity contribution is -0.118. The van der Waals surface area contributed by atoms with Crippen LogP contribution in [-0.4, -0.2) is 25.0 Å². The van der Waals surface area contributed by atoms with Gasteiger partial charge in [-0.15, -0.1) is 0 Å². The molecule has 3 heteroatoms. The molecule has 0 radical (unpaired) electrons. The highest BCUT2D eigenvalue weighted by Crippen LogP contribution is 2.27. The first-order valence-electron chi connectivity index (χ1n) is 7.34. The van der Waals surface area contributed by atoms with Crippen molar-refractivity contribution in [2.24, 2.45) is 0 Å². The molecule has 0 fully saturated rings. The van der Waals surface area contributed by atoms with Crippen molar-refractivity contribution in [1.82, 2.24) is 5.32 Å². The smallest absolute Gasteiger partial charge is 0.227 e. The van der Waals surface area contributed by atoms with Gasteiger partial charge in [0.2, 0.25) is 5.91 Å². The second-order valence-corrected chi connectivity index (χ2v) is 5.28. The summed E-state index contributed by atoms with van der Waals surface area (Å²) in [6, 6.07) is 8.81. The molecule has 19 heavy (non-hydrogen) atoms. The zero-order chi connectivity index (χ0) is 13.7. The molecule has 0 spiro atoms. The van der Waals surface area contributed by atoms with Crippen molar-refractivity contribution in [2.75, 3.05) is 18.0 Å². The molecule has 1 aromatic carbocycles. The largest absolute Gasteiger partial charge is 0.315 e. The molecule has 0 saturated carbocycles. The van der Waals surface area contributed by atoms with Crippen molar-refractivity contribution >= 4 is 11.6 Å². The molecule has 0 aromatic heterocycles. The topological polar surface area (TPSA) is 32.3 Å². The van der Waals surface area contributed by atoms with E-state index in [1.807, 2.05) is 11.0 Å². The summed E-state index contributed by atoms with van der Waals surface area (Å²) in [4.78, 5) is 14.0. The van der Waals surface area contributed by atoms with Crippen molar-refractivity contribution in [1.29, 1.82) is 0 Å². The van der Waals surface area contributed by atoms with Gasteiger partial charge in [-0.05, 0) is 44.4 Å². The number of carbonyl (C=O) groups is 1. The predicted molar refractivity (Wildman–Crippen MR) is 79.5 cm³/mol. The zero-order valence-corrected chi connectivity index (χ0v) is 12.0. The summed E-state index contributed by atoms with van der Waals surface area (Å²) in [6.45, 7) is 6.18. The number of anilines is 1. The number of nitrogens with zero attached hydrogens (tertiary/aromatic N) is 1. The number of fused-ring (bicyclic) bond motifs is 1. The van der Waals surface area contributed by atoms with Crippen molar-refractivity contribution in [3.8, 4) is 0 Å². The fourth-order valence-electron chi connectivity index (χ4n) is 2.75. The van der Waals surface area contributed by atoms with Gasteiger partial charge in [0.25, 0.3) is 0 Å². The van der Waals surface area contributed by atoms with Gasteiger partial charge >= 0.3 is 0 Å². The average molecular weight is 260 g/mol. The first kappa shape index (κ1) is 14.1. The van der Waals surface area contributed by atoms with Crippen LogP contribution in [0.1, 0.15) is 38.7 Å². The Morgan fingerprint density at radius 2 is 2.11 bits per heavy atom. The maximum atomic E-state index is 12.1. The molecule has 0 aliphatic carbocycles. The number of amides is 1. The number of nitrogens with one attached hydrogen (secondary N) is 1. The molecule has 2 rings (SSSR count). The number of rotatable bonds is 6. The Bertz CT molecular complexity index is 431. The van der Waals surface area contributed by atoms with E-state index in [1.165, 1.54) is 5.56 Å². The Balaban J connectivity index is 1.94. The second kappa shape index (κ2) is 6.71. The summed E-state index contributed by atoms with van der Waals surface area (Å²) in [7, 11) is 0. The van der Waals surface area contributed by atoms with Crippen LogP contribution in [0.5, 0.6) is 0 Å². The minimum Gasteiger partial charge on any atom is -0.315 e. The Labute approximate surface area is 116 Å². The van der Waals surface area contributed by atoms with E-state index < -0.39 is 0 Å². The van der Waals surface area contributed by atoms with Crippen LogP contribution in [0.15, 0.2) is 24.3 Å². The van der Waals surface area contributed by atoms with E-state index in [1.54, 1.807) is 0 Å². The molecule has 1 unspecified atom stereocenters. The van der Waals surface area contributed by atoms with Crippen LogP contribution >= 0.6 is 0 Å². The van der Waals surface area contributed by atoms with E-state index >= 15 is 0 Å². The summed E-state index contributed by atoms with van der Waals surface area (Å²) in [5, 5.41) is 3.41. The van der Waals surface area contributed by atoms with Gasteiger partial charge in [0, 0.05) is 24.7 Å². The van der Waals surface area contributed by atoms with Gasteiger partial charge in [-0.25, -0.2) is 0 Å². The molecule has 1 aromatic rings. The lowest BCUT2D eigenvalue weighted by atomic mass is 10.0. The van der Waals surface area contributed by atoms with Crippen molar-refractivity contribution in [3.63, 3.8) is 0 Å². The maximum Gasteiger partial charge on any atom is 0.227 e. The number of benzene rings is 1. The summed E-state index contributed by atoms with van der Waals surface area (Å²) >= 11 is 0. The minimum absolute atomic E-state index is 0.273. The van der Waals surface area contributed by atoms with Gasteiger partial charge in [0.15, 0.2) is 0 Å². The Hall–Kier alpha value is -1.35. The van der Waals surface area contributed by atoms with Gasteiger partial charge in [-0.2, -0.15) is 0 Å². The summed E-state index contributed by atoms with van der Waals surface area (Å²) < 4.78 is 0. The van der Waals surface area contributed by atoms with Crippen molar-refractivity contribution in [2.45, 2.75) is 45.6 Å². The number of hydrogen-bond acceptors (Lipinski definition) is 2. The molecule has 1 aliphatic rings. The second-order valence-electron chi connectivity index (χ2n) is 5.28. The minimum atomic E-state index is 0.273. The van der Waals surface area contributed by atoms with Crippen LogP contribution in [0.4, 0.5) is 5.69 Å². The third kappa shape index (κ3) is 3.57. The van der Waals surface area contributed by atoms with Gasteiger partial charge in [-0.1, -0.05) is 25.1 Å². The van der Waals surface area contributed by atoms with Crippen LogP contribution in [0.2, 0.25) is 0 Å². The number of carbonyl (C=O) groups excluding carboxylic acids is 1. The first-order chi connectivity index (χ1) is 9.22. The molecule has 0 bridgehead atoms. The molecule has 1 amide bonds. The molecule has 1 heterocycles. The fourth-order valence-corrected chi connectivity index (χ4v) is 2.75. The molecule has 104 valence electrons. The van der Waals surface area contributed by atoms with E-state index in [4.69, 9.17) is 0 Å². The predicted octanol–water partition coefficient (Wildman–Crippen LogP) is 2.74. The van der Waals surface area contributed by atoms with E-state index in [9.17, 15) is 4.79 Å². The summed E-state index contributed by atoms with van der Waals surface area (Å²) in [6.07, 6.45) is 3.70. The average Bonchev–Trinajstić information content (AvgIpc) is 2.41. The highest BCUT2D eigenvalue weighted by atomic mass is 16.2. The van der Waals surface area contributed by atoms with Gasteiger partial charge < -0.3 is 10.2 Å². The van der Waals surface area contributed by atoms with Crippen LogP contribution in [0.3, 0.4) is 0 Å². The monoisotopic (exact) mass is 260 g/mol. The van der Waals surface area contributed by atoms with Crippen LogP contribution in [0.25, 0.3) is 0 Å². The van der Waals surface area contributed by atoms with Crippen molar-refractivity contribution in [3.05, 3.63) is 29.8 Å². The van der Waals surface area contributed by atoms with Crippen LogP contribution in [-0.2, 0) is 11.2 Å². The fraction of sp³-hybridized carbons (Fsp3) is 0.562. The van der Waals surface area contributed by atoms with E-state index in [0.29, 0.717) is 12.5 Å². The highest BCUT2D eigenvalue weighted by Gasteiger charge is 2.23. The molecular formula is C16H24N2O. The zero-order valence-electron chi connectivity index (χ0n) is 12.0. The Morgan fingerprint density at radius 1 is 1.32 bits per heavy atom. The van der Waals surface area contributed by atoms with Crippen LogP contribution in [0, 0.1) is 0 Å². The third-order valence-corrected chi connectivity index (χ3v) is 3.76. The van der Waals surface area contributed by atoms with E-state index in [2.05, 4.69) is 37.4 Å². The molecular weight excluding hydrogens is 236 g/mol. The number of aryl methyl sites for hydroxylation is 1. The molecule has 1 atom stereocenters. The lowest BCUT2D eigenvalue weighted by Crippen LogP contribution is -2.36. The van der Waals surface area contributed by atoms with Gasteiger partial charge in [-0.3, -0.25) is 4.79 Å². The summed E-state index contributed by atoms with van der Waals surface area (Å²) in [5.74, 6) is 0.273. The third-order valence-electron chi connectivity index (χ3n) is 3.76. The van der Waals surface area contributed by atoms with Crippen LogP contribution < -0.4 is 10.2 Å². The number of para-hydroxylation sites is 1. The quantitative estimate of drug-likeness (QED) is 0.853. The normalized spacial score (nSPS) is 16.3.